The van der Waals surface area contributed by atoms with Gasteiger partial charge in [-0.3, -0.25) is 4.79 Å². The third-order valence-corrected chi connectivity index (χ3v) is 3.90. The number of hydrogen-bond acceptors (Lipinski definition) is 2. The summed E-state index contributed by atoms with van der Waals surface area (Å²) in [5.41, 5.74) is 3.71. The molecule has 124 valence electrons. The van der Waals surface area contributed by atoms with Gasteiger partial charge in [-0.15, -0.1) is 0 Å². The number of carbonyl (C=O) groups is 1. The van der Waals surface area contributed by atoms with E-state index in [0.717, 1.165) is 22.0 Å². The van der Waals surface area contributed by atoms with E-state index in [1.54, 1.807) is 0 Å². The highest BCUT2D eigenvalue weighted by molar-refractivity contribution is 5.97. The summed E-state index contributed by atoms with van der Waals surface area (Å²) in [6.45, 7) is 5.06. The Bertz CT molecular complexity index is 803. The average molecular weight is 322 g/mol. The summed E-state index contributed by atoms with van der Waals surface area (Å²) in [5.74, 6) is -0.106. The van der Waals surface area contributed by atoms with Gasteiger partial charge in [0, 0.05) is 17.4 Å². The number of benzene rings is 2. The van der Waals surface area contributed by atoms with E-state index in [2.05, 4.69) is 10.3 Å². The zero-order valence-electron chi connectivity index (χ0n) is 14.0. The number of rotatable bonds is 6. The highest BCUT2D eigenvalue weighted by atomic mass is 16.5. The maximum atomic E-state index is 12.4. The summed E-state index contributed by atoms with van der Waals surface area (Å²) in [7, 11) is 0. The third kappa shape index (κ3) is 3.84. The number of para-hydroxylation sites is 1. The molecule has 0 aliphatic heterocycles. The Morgan fingerprint density at radius 3 is 2.54 bits per heavy atom. The molecule has 24 heavy (non-hydrogen) atoms. The fourth-order valence-corrected chi connectivity index (χ4v) is 2.59. The summed E-state index contributed by atoms with van der Waals surface area (Å²) in [4.78, 5) is 15.5. The molecule has 0 aliphatic rings. The van der Waals surface area contributed by atoms with Crippen molar-refractivity contribution in [1.82, 2.24) is 10.3 Å². The number of nitrogens with one attached hydrogen (secondary N) is 2. The zero-order valence-corrected chi connectivity index (χ0v) is 14.0. The quantitative estimate of drug-likeness (QED) is 0.720. The maximum Gasteiger partial charge on any atom is 0.267 e. The standard InChI is InChI=1S/C20H22N2O2/c1-14(2)24-13-17-9-4-3-8-16(17)12-21-20(23)19-11-15-7-5-6-10-18(15)22-19/h3-11,14,22H,12-13H2,1-2H3,(H,21,23). The topological polar surface area (TPSA) is 54.1 Å². The van der Waals surface area contributed by atoms with E-state index in [0.29, 0.717) is 18.8 Å². The largest absolute Gasteiger partial charge is 0.374 e. The summed E-state index contributed by atoms with van der Waals surface area (Å²) >= 11 is 0. The van der Waals surface area contributed by atoms with E-state index in [-0.39, 0.29) is 12.0 Å². The van der Waals surface area contributed by atoms with Crippen molar-refractivity contribution in [3.05, 3.63) is 71.4 Å². The van der Waals surface area contributed by atoms with Crippen LogP contribution in [0.25, 0.3) is 10.9 Å². The van der Waals surface area contributed by atoms with Crippen molar-refractivity contribution in [1.29, 1.82) is 0 Å². The second-order valence-electron chi connectivity index (χ2n) is 6.08. The van der Waals surface area contributed by atoms with E-state index >= 15 is 0 Å². The van der Waals surface area contributed by atoms with Crippen LogP contribution in [0.2, 0.25) is 0 Å². The Hall–Kier alpha value is -2.59. The highest BCUT2D eigenvalue weighted by Gasteiger charge is 2.10. The van der Waals surface area contributed by atoms with Gasteiger partial charge < -0.3 is 15.0 Å². The van der Waals surface area contributed by atoms with Crippen LogP contribution in [-0.4, -0.2) is 17.0 Å². The first kappa shape index (κ1) is 16.3. The molecule has 0 fully saturated rings. The molecule has 0 spiro atoms. The Labute approximate surface area is 141 Å². The van der Waals surface area contributed by atoms with E-state index in [1.165, 1.54) is 0 Å². The molecule has 0 unspecified atom stereocenters. The van der Waals surface area contributed by atoms with Crippen LogP contribution in [0.1, 0.15) is 35.5 Å². The van der Waals surface area contributed by atoms with Gasteiger partial charge >= 0.3 is 0 Å². The van der Waals surface area contributed by atoms with Crippen molar-refractivity contribution in [2.75, 3.05) is 0 Å². The third-order valence-electron chi connectivity index (χ3n) is 3.90. The Kier molecular flexibility index (Phi) is 4.96. The molecule has 0 bridgehead atoms. The Balaban J connectivity index is 1.68. The number of carbonyl (C=O) groups excluding carboxylic acids is 1. The SMILES string of the molecule is CC(C)OCc1ccccc1CNC(=O)c1cc2ccccc2[nH]1. The zero-order chi connectivity index (χ0) is 16.9. The van der Waals surface area contributed by atoms with Crippen molar-refractivity contribution in [3.8, 4) is 0 Å². The molecule has 3 aromatic rings. The molecule has 3 rings (SSSR count). The van der Waals surface area contributed by atoms with Gasteiger partial charge in [-0.2, -0.15) is 0 Å². The lowest BCUT2D eigenvalue weighted by molar-refractivity contribution is 0.0651. The van der Waals surface area contributed by atoms with Gasteiger partial charge in [-0.25, -0.2) is 0 Å². The molecule has 4 nitrogen and oxygen atoms in total. The lowest BCUT2D eigenvalue weighted by Crippen LogP contribution is -2.23. The molecule has 0 aliphatic carbocycles. The van der Waals surface area contributed by atoms with Gasteiger partial charge in [0.25, 0.3) is 5.91 Å². The minimum Gasteiger partial charge on any atom is -0.374 e. The molecule has 1 aromatic heterocycles. The summed E-state index contributed by atoms with van der Waals surface area (Å²) in [6, 6.07) is 17.8. The van der Waals surface area contributed by atoms with Crippen molar-refractivity contribution < 1.29 is 9.53 Å². The van der Waals surface area contributed by atoms with E-state index in [4.69, 9.17) is 4.74 Å². The molecule has 0 radical (unpaired) electrons. The fourth-order valence-electron chi connectivity index (χ4n) is 2.59. The molecule has 0 saturated carbocycles. The van der Waals surface area contributed by atoms with Crippen LogP contribution in [0.5, 0.6) is 0 Å². The van der Waals surface area contributed by atoms with Gasteiger partial charge in [-0.05, 0) is 37.1 Å². The number of ether oxygens (including phenoxy) is 1. The summed E-state index contributed by atoms with van der Waals surface area (Å²) < 4.78 is 5.68. The smallest absolute Gasteiger partial charge is 0.267 e. The Morgan fingerprint density at radius 2 is 1.79 bits per heavy atom. The van der Waals surface area contributed by atoms with Crippen LogP contribution >= 0.6 is 0 Å². The van der Waals surface area contributed by atoms with E-state index in [9.17, 15) is 4.79 Å². The molecule has 1 amide bonds. The van der Waals surface area contributed by atoms with Crippen molar-refractivity contribution in [2.24, 2.45) is 0 Å². The fraction of sp³-hybridized carbons (Fsp3) is 0.250. The van der Waals surface area contributed by atoms with Crippen molar-refractivity contribution >= 4 is 16.8 Å². The number of aromatic nitrogens is 1. The van der Waals surface area contributed by atoms with E-state index < -0.39 is 0 Å². The average Bonchev–Trinajstić information content (AvgIpc) is 3.02. The number of H-pyrrole nitrogens is 1. The predicted octanol–water partition coefficient (Wildman–Crippen LogP) is 4.02. The van der Waals surface area contributed by atoms with Crippen molar-refractivity contribution in [3.63, 3.8) is 0 Å². The number of amides is 1. The van der Waals surface area contributed by atoms with Crippen LogP contribution in [0.3, 0.4) is 0 Å². The monoisotopic (exact) mass is 322 g/mol. The summed E-state index contributed by atoms with van der Waals surface area (Å²) in [5, 5.41) is 4.01. The molecular weight excluding hydrogens is 300 g/mol. The van der Waals surface area contributed by atoms with Crippen LogP contribution in [-0.2, 0) is 17.9 Å². The number of fused-ring (bicyclic) bond motifs is 1. The van der Waals surface area contributed by atoms with Crippen molar-refractivity contribution in [2.45, 2.75) is 33.1 Å². The second-order valence-corrected chi connectivity index (χ2v) is 6.08. The first-order chi connectivity index (χ1) is 11.6. The molecule has 4 heteroatoms. The first-order valence-electron chi connectivity index (χ1n) is 8.18. The minimum atomic E-state index is -0.106. The van der Waals surface area contributed by atoms with Crippen LogP contribution in [0.4, 0.5) is 0 Å². The van der Waals surface area contributed by atoms with E-state index in [1.807, 2.05) is 68.4 Å². The lowest BCUT2D eigenvalue weighted by atomic mass is 10.1. The highest BCUT2D eigenvalue weighted by Crippen LogP contribution is 2.15. The van der Waals surface area contributed by atoms with Gasteiger partial charge in [0.15, 0.2) is 0 Å². The molecular formula is C20H22N2O2. The number of hydrogen-bond donors (Lipinski definition) is 2. The normalized spacial score (nSPS) is 11.1. The van der Waals surface area contributed by atoms with Crippen LogP contribution in [0.15, 0.2) is 54.6 Å². The van der Waals surface area contributed by atoms with Gasteiger partial charge in [0.1, 0.15) is 5.69 Å². The van der Waals surface area contributed by atoms with Gasteiger partial charge in [0.2, 0.25) is 0 Å². The number of aromatic amines is 1. The molecule has 2 N–H and O–H groups in total. The molecule has 0 atom stereocenters. The second kappa shape index (κ2) is 7.32. The molecule has 2 aromatic carbocycles. The van der Waals surface area contributed by atoms with Crippen LogP contribution in [0, 0.1) is 0 Å². The van der Waals surface area contributed by atoms with Gasteiger partial charge in [0.05, 0.1) is 12.7 Å². The lowest BCUT2D eigenvalue weighted by Gasteiger charge is -2.12. The van der Waals surface area contributed by atoms with Gasteiger partial charge in [-0.1, -0.05) is 42.5 Å². The molecule has 0 saturated heterocycles. The predicted molar refractivity (Wildman–Crippen MR) is 95.8 cm³/mol. The molecule has 1 heterocycles. The summed E-state index contributed by atoms with van der Waals surface area (Å²) in [6.07, 6.45) is 0.180. The maximum absolute atomic E-state index is 12.4. The minimum absolute atomic E-state index is 0.106. The first-order valence-corrected chi connectivity index (χ1v) is 8.18. The Morgan fingerprint density at radius 1 is 1.08 bits per heavy atom. The van der Waals surface area contributed by atoms with Crippen LogP contribution < -0.4 is 5.32 Å².